The highest BCUT2D eigenvalue weighted by atomic mass is 16.8. The predicted octanol–water partition coefficient (Wildman–Crippen LogP) is 8.40. The minimum absolute atomic E-state index is 0.202. The average molecular weight is 1380 g/mol. The van der Waals surface area contributed by atoms with Gasteiger partial charge in [0.25, 0.3) is 5.79 Å². The summed E-state index contributed by atoms with van der Waals surface area (Å²) in [6.45, 7) is 2.12. The Morgan fingerprint density at radius 2 is 0.979 bits per heavy atom. The number of unbranched alkanes of at least 4 members (excludes halogenated alkanes) is 36. The summed E-state index contributed by atoms with van der Waals surface area (Å²) in [6, 6.07) is -2.62. The van der Waals surface area contributed by atoms with Crippen molar-refractivity contribution >= 4 is 17.8 Å². The van der Waals surface area contributed by atoms with Gasteiger partial charge in [0.2, 0.25) is 11.8 Å². The van der Waals surface area contributed by atoms with Crippen molar-refractivity contribution < 1.29 is 104 Å². The van der Waals surface area contributed by atoms with Crippen molar-refractivity contribution in [3.05, 3.63) is 24.3 Å². The van der Waals surface area contributed by atoms with Gasteiger partial charge in [-0.05, 0) is 44.9 Å². The molecule has 23 nitrogen and oxygen atoms in total. The molecule has 0 aromatic carbocycles. The second-order valence-electron chi connectivity index (χ2n) is 27.5. The van der Waals surface area contributed by atoms with Crippen LogP contribution in [0, 0.1) is 0 Å². The molecule has 0 radical (unpaired) electrons. The molecule has 0 aliphatic carbocycles. The van der Waals surface area contributed by atoms with E-state index in [-0.39, 0.29) is 12.3 Å². The van der Waals surface area contributed by atoms with E-state index in [1.165, 1.54) is 193 Å². The summed E-state index contributed by atoms with van der Waals surface area (Å²) in [5.74, 6) is -6.14. The van der Waals surface area contributed by atoms with E-state index in [2.05, 4.69) is 36.6 Å². The van der Waals surface area contributed by atoms with Gasteiger partial charge in [-0.15, -0.1) is 0 Å². The fourth-order valence-corrected chi connectivity index (χ4v) is 13.1. The van der Waals surface area contributed by atoms with Crippen LogP contribution in [0.4, 0.5) is 0 Å². The number of aliphatic hydroxyl groups is 11. The summed E-state index contributed by atoms with van der Waals surface area (Å²) < 4.78 is 34.8. The molecule has 3 aliphatic heterocycles. The Balaban J connectivity index is 1.45. The first-order valence-corrected chi connectivity index (χ1v) is 37.7. The van der Waals surface area contributed by atoms with Gasteiger partial charge in [0.1, 0.15) is 67.1 Å². The molecule has 96 heavy (non-hydrogen) atoms. The van der Waals surface area contributed by atoms with Gasteiger partial charge in [-0.3, -0.25) is 9.59 Å². The molecule has 23 heteroatoms. The number of ether oxygens (including phenoxy) is 6. The quantitative estimate of drug-likeness (QED) is 0.0201. The van der Waals surface area contributed by atoms with E-state index in [9.17, 15) is 75.7 Å². The number of aliphatic carboxylic acids is 1. The molecule has 3 saturated heterocycles. The van der Waals surface area contributed by atoms with Crippen molar-refractivity contribution in [2.24, 2.45) is 0 Å². The summed E-state index contributed by atoms with van der Waals surface area (Å²) in [5, 5.41) is 136. The lowest BCUT2D eigenvalue weighted by Gasteiger charge is -2.50. The van der Waals surface area contributed by atoms with Crippen LogP contribution in [0.1, 0.15) is 284 Å². The van der Waals surface area contributed by atoms with Crippen molar-refractivity contribution in [1.29, 1.82) is 0 Å². The second kappa shape index (κ2) is 53.1. The van der Waals surface area contributed by atoms with Gasteiger partial charge in [0, 0.05) is 19.8 Å². The predicted molar refractivity (Wildman–Crippen MR) is 366 cm³/mol. The van der Waals surface area contributed by atoms with E-state index < -0.39 is 155 Å². The van der Waals surface area contributed by atoms with Gasteiger partial charge in [0.15, 0.2) is 12.6 Å². The number of aliphatic hydroxyl groups excluding tert-OH is 11. The highest BCUT2D eigenvalue weighted by molar-refractivity contribution is 5.77. The number of carboxylic acids is 1. The Morgan fingerprint density at radius 3 is 1.42 bits per heavy atom. The zero-order chi connectivity index (χ0) is 70.4. The third kappa shape index (κ3) is 34.3. The zero-order valence-corrected chi connectivity index (χ0v) is 59.0. The molecule has 18 unspecified atom stereocenters. The van der Waals surface area contributed by atoms with Crippen LogP contribution >= 0.6 is 0 Å². The van der Waals surface area contributed by atoms with Crippen LogP contribution in [-0.4, -0.2) is 215 Å². The lowest BCUT2D eigenvalue weighted by molar-refractivity contribution is -0.386. The van der Waals surface area contributed by atoms with E-state index in [0.717, 1.165) is 51.9 Å². The summed E-state index contributed by atoms with van der Waals surface area (Å²) in [7, 11) is 0. The molecular formula is C73H134N2O21. The van der Waals surface area contributed by atoms with Crippen LogP contribution in [0.25, 0.3) is 0 Å². The van der Waals surface area contributed by atoms with Crippen LogP contribution in [0.5, 0.6) is 0 Å². The fraction of sp³-hybridized carbons (Fsp3) is 0.904. The number of amides is 2. The van der Waals surface area contributed by atoms with Crippen LogP contribution in [0.2, 0.25) is 0 Å². The summed E-state index contributed by atoms with van der Waals surface area (Å²) in [5.41, 5.74) is 0. The highest BCUT2D eigenvalue weighted by Gasteiger charge is 2.60. The second-order valence-corrected chi connectivity index (χ2v) is 27.5. The minimum atomic E-state index is -3.08. The largest absolute Gasteiger partial charge is 0.477 e. The number of carboxylic acid groups (broad SMARTS) is 1. The third-order valence-electron chi connectivity index (χ3n) is 19.1. The Hall–Kier alpha value is -2.79. The van der Waals surface area contributed by atoms with E-state index in [4.69, 9.17) is 28.4 Å². The molecule has 0 bridgehead atoms. The maximum Gasteiger partial charge on any atom is 0.364 e. The standard InChI is InChI=1S/C73H134N2O21/c1-4-6-8-10-12-14-16-17-18-19-20-21-22-23-24-25-26-27-28-29-30-31-32-33-34-35-36-37-39-41-43-45-47-60(83)75-54(55(80)46-44-42-40-38-15-13-11-9-7-5-2)52-91-70-65(87)64(86)67(59(51-78)93-70)94-71-66(88)69(63(85)58(50-77)92-71)96-73(72(89)90)48-56(81)61(74-53(3)79)68(95-73)62(84)57(82)49-76/h23-24,44,46,54-59,61-71,76-78,80-82,84-88H,4-22,25-43,45,47-52H2,1-3H3,(H,74,79)(H,75,83)(H,89,90)/b24-23-,46-44+. The molecule has 3 fully saturated rings. The Kier molecular flexibility index (Phi) is 48.3. The highest BCUT2D eigenvalue weighted by Crippen LogP contribution is 2.39. The fourth-order valence-electron chi connectivity index (χ4n) is 13.1. The number of rotatable bonds is 58. The van der Waals surface area contributed by atoms with E-state index in [0.29, 0.717) is 12.8 Å². The smallest absolute Gasteiger partial charge is 0.364 e. The Bertz CT molecular complexity index is 2030. The Labute approximate surface area is 574 Å². The van der Waals surface area contributed by atoms with E-state index in [1.54, 1.807) is 6.08 Å². The van der Waals surface area contributed by atoms with Gasteiger partial charge in [0.05, 0.1) is 50.7 Å². The van der Waals surface area contributed by atoms with Crippen LogP contribution in [-0.2, 0) is 42.8 Å². The van der Waals surface area contributed by atoms with Crippen molar-refractivity contribution in [1.82, 2.24) is 10.6 Å². The molecule has 2 amide bonds. The SMILES string of the molecule is CCCCCCCCCC/C=C/C(O)C(COC1OC(CO)C(OC2OC(CO)C(O)C(OC3(C(=O)O)CC(O)C(NC(C)=O)C(C(O)C(O)CO)O3)C2O)C(O)C1O)NC(=O)CCCCCCCCCCCCCCCCCC/C=C\CCCCCCCCCCCCCC. The summed E-state index contributed by atoms with van der Waals surface area (Å²) >= 11 is 0. The molecule has 562 valence electrons. The summed E-state index contributed by atoms with van der Waals surface area (Å²) in [6.07, 6.45) is 27.0. The number of carbonyl (C=O) groups excluding carboxylic acids is 2. The average Bonchev–Trinajstić information content (AvgIpc) is 0.761. The minimum Gasteiger partial charge on any atom is -0.477 e. The van der Waals surface area contributed by atoms with Gasteiger partial charge in [-0.2, -0.15) is 0 Å². The van der Waals surface area contributed by atoms with Crippen molar-refractivity contribution in [3.8, 4) is 0 Å². The maximum absolute atomic E-state index is 13.4. The first-order valence-electron chi connectivity index (χ1n) is 37.7. The van der Waals surface area contributed by atoms with Crippen LogP contribution < -0.4 is 10.6 Å². The summed E-state index contributed by atoms with van der Waals surface area (Å²) in [4.78, 5) is 38.5. The molecule has 3 rings (SSSR count). The lowest BCUT2D eigenvalue weighted by Crippen LogP contribution is -2.70. The first kappa shape index (κ1) is 87.4. The normalized spacial score (nSPS) is 27.7. The van der Waals surface area contributed by atoms with Crippen LogP contribution in [0.3, 0.4) is 0 Å². The van der Waals surface area contributed by atoms with Crippen molar-refractivity contribution in [2.75, 3.05) is 26.4 Å². The Morgan fingerprint density at radius 1 is 0.542 bits per heavy atom. The monoisotopic (exact) mass is 1370 g/mol. The molecule has 3 heterocycles. The number of hydrogen-bond donors (Lipinski definition) is 14. The third-order valence-corrected chi connectivity index (χ3v) is 19.1. The maximum atomic E-state index is 13.4. The van der Waals surface area contributed by atoms with Crippen molar-refractivity contribution in [2.45, 2.75) is 394 Å². The molecule has 18 atom stereocenters. The molecule has 0 aromatic heterocycles. The zero-order valence-electron chi connectivity index (χ0n) is 59.0. The number of carbonyl (C=O) groups is 3. The van der Waals surface area contributed by atoms with E-state index in [1.807, 2.05) is 6.08 Å². The molecule has 3 aliphatic rings. The number of nitrogens with one attached hydrogen (secondary N) is 2. The van der Waals surface area contributed by atoms with Gasteiger partial charge in [-0.25, -0.2) is 4.79 Å². The van der Waals surface area contributed by atoms with Crippen LogP contribution in [0.15, 0.2) is 24.3 Å². The van der Waals surface area contributed by atoms with Crippen molar-refractivity contribution in [3.63, 3.8) is 0 Å². The molecule has 0 saturated carbocycles. The number of hydrogen-bond acceptors (Lipinski definition) is 20. The molecular weight excluding hydrogens is 1240 g/mol. The lowest BCUT2D eigenvalue weighted by atomic mass is 9.88. The number of allylic oxidation sites excluding steroid dienone is 3. The van der Waals surface area contributed by atoms with Gasteiger partial charge in [-0.1, -0.05) is 244 Å². The molecule has 14 N–H and O–H groups in total. The van der Waals surface area contributed by atoms with E-state index >= 15 is 0 Å². The topological polar surface area (TPSA) is 373 Å². The molecule has 0 aromatic rings. The van der Waals surface area contributed by atoms with Gasteiger partial charge < -0.3 is 100 Å². The van der Waals surface area contributed by atoms with Gasteiger partial charge >= 0.3 is 5.97 Å². The first-order chi connectivity index (χ1) is 46.4. The molecule has 0 spiro atoms.